The van der Waals surface area contributed by atoms with E-state index in [1.54, 1.807) is 12.1 Å². The molecule has 0 radical (unpaired) electrons. The molecule has 178 valence electrons. The van der Waals surface area contributed by atoms with E-state index in [1.807, 2.05) is 0 Å². The monoisotopic (exact) mass is 452 g/mol. The van der Waals surface area contributed by atoms with Crippen LogP contribution in [0.3, 0.4) is 0 Å². The Labute approximate surface area is 197 Å². The smallest absolute Gasteiger partial charge is 0.304 e. The van der Waals surface area contributed by atoms with Crippen molar-refractivity contribution in [3.63, 3.8) is 0 Å². The van der Waals surface area contributed by atoms with E-state index in [2.05, 4.69) is 60.7 Å². The maximum Gasteiger partial charge on any atom is 0.304 e. The van der Waals surface area contributed by atoms with Crippen molar-refractivity contribution in [2.45, 2.75) is 62.9 Å². The second-order valence-corrected chi connectivity index (χ2v) is 10.4. The number of carbonyl (C=O) groups is 1. The van der Waals surface area contributed by atoms with Crippen LogP contribution in [0, 0.1) is 17.7 Å². The average Bonchev–Trinajstić information content (AvgIpc) is 3.20. The van der Waals surface area contributed by atoms with Gasteiger partial charge in [0.2, 0.25) is 0 Å². The Morgan fingerprint density at radius 2 is 1.70 bits per heavy atom. The van der Waals surface area contributed by atoms with E-state index in [-0.39, 0.29) is 23.8 Å². The van der Waals surface area contributed by atoms with Crippen molar-refractivity contribution in [1.29, 1.82) is 0 Å². The highest BCUT2D eigenvalue weighted by atomic mass is 19.1. The first-order chi connectivity index (χ1) is 15.8. The van der Waals surface area contributed by atoms with Crippen LogP contribution in [0.1, 0.15) is 55.2 Å². The van der Waals surface area contributed by atoms with Gasteiger partial charge in [-0.2, -0.15) is 0 Å². The third-order valence-corrected chi connectivity index (χ3v) is 7.90. The van der Waals surface area contributed by atoms with Crippen LogP contribution >= 0.6 is 0 Å². The van der Waals surface area contributed by atoms with Gasteiger partial charge in [-0.05, 0) is 106 Å². The molecular weight excluding hydrogens is 415 g/mol. The molecule has 2 aromatic carbocycles. The Morgan fingerprint density at radius 1 is 1.06 bits per heavy atom. The fourth-order valence-corrected chi connectivity index (χ4v) is 6.15. The van der Waals surface area contributed by atoms with Gasteiger partial charge in [0.05, 0.1) is 6.42 Å². The maximum absolute atomic E-state index is 14.5. The highest BCUT2D eigenvalue weighted by Gasteiger charge is 2.38. The molecule has 0 amide bonds. The minimum Gasteiger partial charge on any atom is -0.481 e. The minimum absolute atomic E-state index is 0.0318. The molecule has 0 spiro atoms. The number of nitrogens with one attached hydrogen (secondary N) is 1. The molecular formula is C28H37FN2O2. The van der Waals surface area contributed by atoms with E-state index in [1.165, 1.54) is 5.56 Å². The Kier molecular flexibility index (Phi) is 7.50. The van der Waals surface area contributed by atoms with Gasteiger partial charge in [0.25, 0.3) is 0 Å². The molecule has 1 aliphatic carbocycles. The Hall–Kier alpha value is -2.24. The quantitative estimate of drug-likeness (QED) is 0.591. The number of benzene rings is 2. The molecule has 0 bridgehead atoms. The van der Waals surface area contributed by atoms with E-state index in [9.17, 15) is 9.18 Å². The third-order valence-electron chi connectivity index (χ3n) is 7.90. The van der Waals surface area contributed by atoms with Crippen molar-refractivity contribution in [3.05, 3.63) is 71.0 Å². The number of halogens is 1. The lowest BCUT2D eigenvalue weighted by Crippen LogP contribution is -2.44. The summed E-state index contributed by atoms with van der Waals surface area (Å²) >= 11 is 0. The summed E-state index contributed by atoms with van der Waals surface area (Å²) in [5.74, 6) is 0.0206. The van der Waals surface area contributed by atoms with Gasteiger partial charge < -0.3 is 10.4 Å². The number of carboxylic acid groups (broad SMARTS) is 1. The summed E-state index contributed by atoms with van der Waals surface area (Å²) in [6.07, 6.45) is 7.25. The molecule has 2 aliphatic rings. The topological polar surface area (TPSA) is 52.6 Å². The highest BCUT2D eigenvalue weighted by Crippen LogP contribution is 2.43. The maximum atomic E-state index is 14.5. The number of nitrogens with zero attached hydrogens (tertiary/aromatic N) is 1. The molecule has 1 aliphatic heterocycles. The molecule has 1 saturated heterocycles. The summed E-state index contributed by atoms with van der Waals surface area (Å²) in [6.45, 7) is 0.804. The molecule has 1 heterocycles. The zero-order valence-corrected chi connectivity index (χ0v) is 19.9. The van der Waals surface area contributed by atoms with Gasteiger partial charge in [-0.25, -0.2) is 4.39 Å². The summed E-state index contributed by atoms with van der Waals surface area (Å²) < 4.78 is 14.5. The fraction of sp³-hybridized carbons (Fsp3) is 0.536. The lowest BCUT2D eigenvalue weighted by atomic mass is 9.70. The van der Waals surface area contributed by atoms with Gasteiger partial charge in [-0.1, -0.05) is 36.4 Å². The Bertz CT molecular complexity index is 938. The number of carboxylic acids is 1. The summed E-state index contributed by atoms with van der Waals surface area (Å²) in [5, 5.41) is 12.3. The second-order valence-electron chi connectivity index (χ2n) is 10.4. The van der Waals surface area contributed by atoms with Crippen molar-refractivity contribution < 1.29 is 14.3 Å². The largest absolute Gasteiger partial charge is 0.481 e. The highest BCUT2D eigenvalue weighted by molar-refractivity contribution is 5.67. The Morgan fingerprint density at radius 3 is 2.30 bits per heavy atom. The summed E-state index contributed by atoms with van der Waals surface area (Å²) in [4.78, 5) is 13.3. The summed E-state index contributed by atoms with van der Waals surface area (Å²) in [5.41, 5.74) is 3.62. The minimum atomic E-state index is -0.765. The lowest BCUT2D eigenvalue weighted by molar-refractivity contribution is -0.137. The first kappa shape index (κ1) is 23.9. The van der Waals surface area contributed by atoms with Gasteiger partial charge in [-0.3, -0.25) is 9.69 Å². The molecule has 2 atom stereocenters. The molecule has 4 rings (SSSR count). The summed E-state index contributed by atoms with van der Waals surface area (Å²) in [6, 6.07) is 16.4. The predicted octanol–water partition coefficient (Wildman–Crippen LogP) is 5.01. The van der Waals surface area contributed by atoms with Crippen LogP contribution in [0.4, 0.5) is 4.39 Å². The second kappa shape index (κ2) is 10.4. The molecule has 33 heavy (non-hydrogen) atoms. The number of hydrogen-bond donors (Lipinski definition) is 2. The van der Waals surface area contributed by atoms with E-state index >= 15 is 0 Å². The number of hydrogen-bond acceptors (Lipinski definition) is 3. The van der Waals surface area contributed by atoms with Crippen LogP contribution in [0.15, 0.2) is 48.5 Å². The van der Waals surface area contributed by atoms with Gasteiger partial charge >= 0.3 is 5.97 Å². The molecule has 4 nitrogen and oxygen atoms in total. The van der Waals surface area contributed by atoms with E-state index in [0.717, 1.165) is 62.6 Å². The van der Waals surface area contributed by atoms with E-state index < -0.39 is 5.97 Å². The van der Waals surface area contributed by atoms with E-state index in [4.69, 9.17) is 5.11 Å². The van der Waals surface area contributed by atoms with E-state index in [0.29, 0.717) is 11.8 Å². The average molecular weight is 453 g/mol. The zero-order valence-electron chi connectivity index (χ0n) is 19.9. The van der Waals surface area contributed by atoms with Crippen molar-refractivity contribution >= 4 is 5.97 Å². The molecule has 0 aromatic heterocycles. The standard InChI is InChI=1S/C28H37FN2O2/c1-31(2)28(24-6-4-3-5-7-24)10-8-20(9-11-28)12-21-13-22(16-25(29)15-21)14-23-17-26(30-19-23)18-27(32)33/h3-7,13,15-16,20,23,26,30H,8-12,14,17-19H2,1-2H3,(H,32,33)/t20?,23-,26-,28?/m0/s1. The number of rotatable bonds is 8. The van der Waals surface area contributed by atoms with Crippen LogP contribution < -0.4 is 5.32 Å². The molecule has 1 saturated carbocycles. The zero-order chi connectivity index (χ0) is 23.4. The SMILES string of the molecule is CN(C)C1(c2ccccc2)CCC(Cc2cc(F)cc(C[C@@H]3CN[C@H](CC(=O)O)C3)c2)CC1. The number of aliphatic carboxylic acids is 1. The molecule has 0 unspecified atom stereocenters. The molecule has 2 N–H and O–H groups in total. The van der Waals surface area contributed by atoms with Crippen LogP contribution in [0.25, 0.3) is 0 Å². The molecule has 2 fully saturated rings. The van der Waals surface area contributed by atoms with Gasteiger partial charge in [0, 0.05) is 11.6 Å². The predicted molar refractivity (Wildman–Crippen MR) is 130 cm³/mol. The Balaban J connectivity index is 1.37. The van der Waals surface area contributed by atoms with Crippen LogP contribution in [0.2, 0.25) is 0 Å². The first-order valence-electron chi connectivity index (χ1n) is 12.3. The van der Waals surface area contributed by atoms with Crippen molar-refractivity contribution in [2.75, 3.05) is 20.6 Å². The van der Waals surface area contributed by atoms with Crippen molar-refractivity contribution in [2.24, 2.45) is 11.8 Å². The summed E-state index contributed by atoms with van der Waals surface area (Å²) in [7, 11) is 4.37. The van der Waals surface area contributed by atoms with Crippen LogP contribution in [0.5, 0.6) is 0 Å². The van der Waals surface area contributed by atoms with Gasteiger partial charge in [0.15, 0.2) is 0 Å². The van der Waals surface area contributed by atoms with Gasteiger partial charge in [-0.15, -0.1) is 0 Å². The first-order valence-corrected chi connectivity index (χ1v) is 12.3. The van der Waals surface area contributed by atoms with Crippen molar-refractivity contribution in [3.8, 4) is 0 Å². The van der Waals surface area contributed by atoms with Gasteiger partial charge in [0.1, 0.15) is 5.82 Å². The fourth-order valence-electron chi connectivity index (χ4n) is 6.15. The van der Waals surface area contributed by atoms with Crippen LogP contribution in [-0.4, -0.2) is 42.7 Å². The normalized spacial score (nSPS) is 27.7. The third kappa shape index (κ3) is 5.82. The lowest BCUT2D eigenvalue weighted by Gasteiger charge is -2.45. The molecule has 5 heteroatoms. The van der Waals surface area contributed by atoms with Crippen LogP contribution in [-0.2, 0) is 23.2 Å². The van der Waals surface area contributed by atoms with Crippen molar-refractivity contribution in [1.82, 2.24) is 10.2 Å². The molecule has 2 aromatic rings.